The number of carbonyl (C=O) groups excluding carboxylic acids is 1. The first-order chi connectivity index (χ1) is 8.88. The van der Waals surface area contributed by atoms with E-state index in [0.29, 0.717) is 30.6 Å². The fraction of sp³-hybridized carbons (Fsp3) is 0.933. The summed E-state index contributed by atoms with van der Waals surface area (Å²) in [4.78, 5) is 11.7. The van der Waals surface area contributed by atoms with E-state index in [4.69, 9.17) is 4.74 Å². The van der Waals surface area contributed by atoms with E-state index < -0.39 is 5.60 Å². The van der Waals surface area contributed by atoms with Crippen molar-refractivity contribution in [3.8, 4) is 0 Å². The molecule has 1 atom stereocenters. The summed E-state index contributed by atoms with van der Waals surface area (Å²) in [6.45, 7) is 8.91. The van der Waals surface area contributed by atoms with Crippen molar-refractivity contribution >= 4 is 17.7 Å². The van der Waals surface area contributed by atoms with Crippen molar-refractivity contribution in [1.82, 2.24) is 0 Å². The summed E-state index contributed by atoms with van der Waals surface area (Å²) in [5, 5.41) is 11.1. The van der Waals surface area contributed by atoms with Gasteiger partial charge in [-0.3, -0.25) is 4.79 Å². The van der Waals surface area contributed by atoms with Crippen LogP contribution in [0.25, 0.3) is 0 Å². The van der Waals surface area contributed by atoms with Gasteiger partial charge in [-0.2, -0.15) is 11.8 Å². The van der Waals surface area contributed by atoms with E-state index in [2.05, 4.69) is 20.8 Å². The van der Waals surface area contributed by atoms with Gasteiger partial charge < -0.3 is 9.84 Å². The van der Waals surface area contributed by atoms with E-state index in [9.17, 15) is 9.90 Å². The Morgan fingerprint density at radius 1 is 1.37 bits per heavy atom. The van der Waals surface area contributed by atoms with Crippen molar-refractivity contribution < 1.29 is 14.6 Å². The average Bonchev–Trinajstić information content (AvgIpc) is 2.37. The number of esters is 1. The molecule has 0 aromatic carbocycles. The summed E-state index contributed by atoms with van der Waals surface area (Å²) < 4.78 is 5.05. The molecule has 0 aliphatic heterocycles. The van der Waals surface area contributed by atoms with Crippen molar-refractivity contribution in [3.05, 3.63) is 0 Å². The molecule has 1 aliphatic rings. The van der Waals surface area contributed by atoms with Crippen LogP contribution in [0, 0.1) is 11.8 Å². The Balaban J connectivity index is 2.36. The summed E-state index contributed by atoms with van der Waals surface area (Å²) in [5.74, 6) is 1.31. The molecule has 0 radical (unpaired) electrons. The largest absolute Gasteiger partial charge is 0.466 e. The van der Waals surface area contributed by atoms with Crippen LogP contribution in [-0.4, -0.2) is 34.3 Å². The second-order valence-electron chi connectivity index (χ2n) is 6.01. The average molecular weight is 288 g/mol. The third kappa shape index (κ3) is 5.35. The van der Waals surface area contributed by atoms with Gasteiger partial charge in [-0.05, 0) is 38.5 Å². The van der Waals surface area contributed by atoms with Crippen LogP contribution < -0.4 is 0 Å². The number of rotatable bonds is 6. The Morgan fingerprint density at radius 2 is 1.95 bits per heavy atom. The van der Waals surface area contributed by atoms with Gasteiger partial charge >= 0.3 is 5.97 Å². The maximum atomic E-state index is 11.7. The van der Waals surface area contributed by atoms with Gasteiger partial charge in [0.2, 0.25) is 0 Å². The predicted molar refractivity (Wildman–Crippen MR) is 80.3 cm³/mol. The molecular weight excluding hydrogens is 260 g/mol. The number of hydrogen-bond donors (Lipinski definition) is 1. The van der Waals surface area contributed by atoms with Crippen LogP contribution in [0.1, 0.15) is 53.4 Å². The molecule has 1 aliphatic carbocycles. The highest BCUT2D eigenvalue weighted by molar-refractivity contribution is 7.99. The second-order valence-corrected chi connectivity index (χ2v) is 7.38. The topological polar surface area (TPSA) is 46.5 Å². The molecule has 0 aromatic rings. The molecule has 0 aromatic heterocycles. The molecule has 3 nitrogen and oxygen atoms in total. The SMILES string of the molecule is CCOC(=O)C1CCC(O)(CSC(C)C(C)C)CC1. The molecule has 1 saturated carbocycles. The quantitative estimate of drug-likeness (QED) is 0.762. The van der Waals surface area contributed by atoms with E-state index in [-0.39, 0.29) is 11.9 Å². The minimum absolute atomic E-state index is 0.00672. The minimum atomic E-state index is -0.586. The van der Waals surface area contributed by atoms with Crippen LogP contribution in [0.3, 0.4) is 0 Å². The van der Waals surface area contributed by atoms with Gasteiger partial charge in [0.25, 0.3) is 0 Å². The van der Waals surface area contributed by atoms with Gasteiger partial charge in [-0.15, -0.1) is 0 Å². The maximum absolute atomic E-state index is 11.7. The number of carbonyl (C=O) groups is 1. The highest BCUT2D eigenvalue weighted by Crippen LogP contribution is 2.36. The van der Waals surface area contributed by atoms with E-state index in [1.54, 1.807) is 0 Å². The first kappa shape index (κ1) is 16.8. The molecule has 0 spiro atoms. The van der Waals surface area contributed by atoms with Crippen molar-refractivity contribution in [2.45, 2.75) is 64.2 Å². The molecule has 1 N–H and O–H groups in total. The molecule has 1 rings (SSSR count). The minimum Gasteiger partial charge on any atom is -0.466 e. The van der Waals surface area contributed by atoms with E-state index in [0.717, 1.165) is 18.6 Å². The van der Waals surface area contributed by atoms with Crippen molar-refractivity contribution in [2.24, 2.45) is 11.8 Å². The molecule has 0 amide bonds. The van der Waals surface area contributed by atoms with Crippen molar-refractivity contribution in [1.29, 1.82) is 0 Å². The molecule has 1 fully saturated rings. The lowest BCUT2D eigenvalue weighted by molar-refractivity contribution is -0.150. The molecule has 0 bridgehead atoms. The number of thioether (sulfide) groups is 1. The standard InChI is InChI=1S/C15H28O3S/c1-5-18-14(16)13-6-8-15(17,9-7-13)10-19-12(4)11(2)3/h11-13,17H,5-10H2,1-4H3. The summed E-state index contributed by atoms with van der Waals surface area (Å²) in [6.07, 6.45) is 2.94. The lowest BCUT2D eigenvalue weighted by atomic mass is 9.80. The normalized spacial score (nSPS) is 29.3. The molecule has 19 heavy (non-hydrogen) atoms. The van der Waals surface area contributed by atoms with Crippen LogP contribution in [0.2, 0.25) is 0 Å². The fourth-order valence-corrected chi connectivity index (χ4v) is 3.52. The predicted octanol–water partition coefficient (Wildman–Crippen LogP) is 3.25. The molecular formula is C15H28O3S. The smallest absolute Gasteiger partial charge is 0.308 e. The van der Waals surface area contributed by atoms with Crippen molar-refractivity contribution in [2.75, 3.05) is 12.4 Å². The first-order valence-electron chi connectivity index (χ1n) is 7.38. The third-order valence-electron chi connectivity index (χ3n) is 4.09. The van der Waals surface area contributed by atoms with E-state index >= 15 is 0 Å². The van der Waals surface area contributed by atoms with Gasteiger partial charge in [0.05, 0.1) is 18.1 Å². The van der Waals surface area contributed by atoms with Crippen LogP contribution in [0.15, 0.2) is 0 Å². The summed E-state index contributed by atoms with van der Waals surface area (Å²) in [5.41, 5.74) is -0.586. The zero-order valence-electron chi connectivity index (χ0n) is 12.6. The third-order valence-corrected chi connectivity index (χ3v) is 5.86. The highest BCUT2D eigenvalue weighted by Gasteiger charge is 2.36. The number of hydrogen-bond acceptors (Lipinski definition) is 4. The van der Waals surface area contributed by atoms with Gasteiger partial charge in [0.1, 0.15) is 0 Å². The molecule has 4 heteroatoms. The van der Waals surface area contributed by atoms with Crippen LogP contribution in [0.5, 0.6) is 0 Å². The molecule has 1 unspecified atom stereocenters. The molecule has 0 saturated heterocycles. The van der Waals surface area contributed by atoms with Gasteiger partial charge in [-0.1, -0.05) is 20.8 Å². The van der Waals surface area contributed by atoms with Crippen LogP contribution in [-0.2, 0) is 9.53 Å². The van der Waals surface area contributed by atoms with E-state index in [1.807, 2.05) is 18.7 Å². The van der Waals surface area contributed by atoms with Crippen LogP contribution in [0.4, 0.5) is 0 Å². The summed E-state index contributed by atoms with van der Waals surface area (Å²) in [7, 11) is 0. The highest BCUT2D eigenvalue weighted by atomic mass is 32.2. The Bertz CT molecular complexity index is 283. The zero-order chi connectivity index (χ0) is 14.5. The monoisotopic (exact) mass is 288 g/mol. The Morgan fingerprint density at radius 3 is 2.42 bits per heavy atom. The van der Waals surface area contributed by atoms with E-state index in [1.165, 1.54) is 0 Å². The number of aliphatic hydroxyl groups is 1. The molecule has 0 heterocycles. The Kier molecular flexibility index (Phi) is 6.67. The summed E-state index contributed by atoms with van der Waals surface area (Å²) >= 11 is 1.84. The van der Waals surface area contributed by atoms with Gasteiger partial charge in [-0.25, -0.2) is 0 Å². The lowest BCUT2D eigenvalue weighted by Gasteiger charge is -2.35. The second kappa shape index (κ2) is 7.53. The first-order valence-corrected chi connectivity index (χ1v) is 8.43. The van der Waals surface area contributed by atoms with Crippen molar-refractivity contribution in [3.63, 3.8) is 0 Å². The molecule has 112 valence electrons. The number of ether oxygens (including phenoxy) is 1. The summed E-state index contributed by atoms with van der Waals surface area (Å²) in [6, 6.07) is 0. The fourth-order valence-electron chi connectivity index (χ4n) is 2.27. The maximum Gasteiger partial charge on any atom is 0.308 e. The lowest BCUT2D eigenvalue weighted by Crippen LogP contribution is -2.39. The van der Waals surface area contributed by atoms with Gasteiger partial charge in [0, 0.05) is 11.0 Å². The van der Waals surface area contributed by atoms with Gasteiger partial charge in [0.15, 0.2) is 0 Å². The van der Waals surface area contributed by atoms with Crippen LogP contribution >= 0.6 is 11.8 Å². The Labute approximate surface area is 121 Å². The Hall–Kier alpha value is -0.220. The zero-order valence-corrected chi connectivity index (χ0v) is 13.5.